The summed E-state index contributed by atoms with van der Waals surface area (Å²) < 4.78 is 3.85. The molecule has 6 heteroatoms. The molecule has 1 heterocycles. The van der Waals surface area contributed by atoms with Crippen LogP contribution in [0.5, 0.6) is 0 Å². The maximum Gasteiger partial charge on any atom is 0.0767 e. The van der Waals surface area contributed by atoms with Crippen molar-refractivity contribution in [3.8, 4) is 0 Å². The number of hydrogen-bond acceptors (Lipinski definition) is 2. The van der Waals surface area contributed by atoms with Gasteiger partial charge in [-0.05, 0) is 50.4 Å². The first-order chi connectivity index (χ1) is 9.04. The fourth-order valence-electron chi connectivity index (χ4n) is 1.83. The number of hydrogen-bond donors (Lipinski definition) is 1. The van der Waals surface area contributed by atoms with Crippen molar-refractivity contribution in [2.45, 2.75) is 19.9 Å². The molecule has 0 aliphatic heterocycles. The van der Waals surface area contributed by atoms with E-state index in [4.69, 9.17) is 11.6 Å². The number of halogens is 3. The lowest BCUT2D eigenvalue weighted by atomic mass is 10.3. The Morgan fingerprint density at radius 1 is 1.32 bits per heavy atom. The van der Waals surface area contributed by atoms with E-state index in [-0.39, 0.29) is 0 Å². The molecule has 0 bridgehead atoms. The van der Waals surface area contributed by atoms with E-state index in [0.29, 0.717) is 11.6 Å². The highest BCUT2D eigenvalue weighted by molar-refractivity contribution is 9.11. The molecular formula is C13H14Br2ClN3. The quantitative estimate of drug-likeness (QED) is 0.791. The van der Waals surface area contributed by atoms with E-state index in [2.05, 4.69) is 49.2 Å². The van der Waals surface area contributed by atoms with Gasteiger partial charge in [0.05, 0.1) is 37.6 Å². The Kier molecular flexibility index (Phi) is 4.92. The third kappa shape index (κ3) is 3.15. The Balaban J connectivity index is 2.19. The van der Waals surface area contributed by atoms with E-state index in [0.717, 1.165) is 32.4 Å². The smallest absolute Gasteiger partial charge is 0.0767 e. The van der Waals surface area contributed by atoms with Crippen LogP contribution in [0.3, 0.4) is 0 Å². The fraction of sp³-hybridized carbons (Fsp3) is 0.308. The number of nitrogens with zero attached hydrogens (tertiary/aromatic N) is 2. The van der Waals surface area contributed by atoms with Crippen LogP contribution in [0, 0.1) is 0 Å². The van der Waals surface area contributed by atoms with Gasteiger partial charge in [0.2, 0.25) is 0 Å². The second kappa shape index (κ2) is 6.29. The molecule has 19 heavy (non-hydrogen) atoms. The zero-order valence-electron chi connectivity index (χ0n) is 10.7. The van der Waals surface area contributed by atoms with Crippen molar-refractivity contribution >= 4 is 49.1 Å². The topological polar surface area (TPSA) is 29.9 Å². The monoisotopic (exact) mass is 405 g/mol. The highest BCUT2D eigenvalue weighted by Gasteiger charge is 2.12. The molecule has 2 rings (SSSR count). The van der Waals surface area contributed by atoms with Crippen molar-refractivity contribution in [1.29, 1.82) is 0 Å². The van der Waals surface area contributed by atoms with Gasteiger partial charge in [-0.25, -0.2) is 0 Å². The Morgan fingerprint density at radius 3 is 2.68 bits per heavy atom. The lowest BCUT2D eigenvalue weighted by Crippen LogP contribution is -2.06. The molecule has 0 spiro atoms. The fourth-order valence-corrected chi connectivity index (χ4v) is 3.17. The number of anilines is 1. The minimum atomic E-state index is 0.684. The van der Waals surface area contributed by atoms with Crippen molar-refractivity contribution < 1.29 is 0 Å². The van der Waals surface area contributed by atoms with Gasteiger partial charge >= 0.3 is 0 Å². The van der Waals surface area contributed by atoms with Gasteiger partial charge in [-0.2, -0.15) is 5.10 Å². The van der Waals surface area contributed by atoms with Gasteiger partial charge in [0.1, 0.15) is 0 Å². The maximum atomic E-state index is 6.07. The van der Waals surface area contributed by atoms with Crippen molar-refractivity contribution in [2.24, 2.45) is 7.05 Å². The van der Waals surface area contributed by atoms with Gasteiger partial charge in [0, 0.05) is 7.05 Å². The van der Waals surface area contributed by atoms with Crippen LogP contribution in [0.1, 0.15) is 18.3 Å². The summed E-state index contributed by atoms with van der Waals surface area (Å²) in [6.45, 7) is 2.78. The number of aryl methyl sites for hydroxylation is 2. The van der Waals surface area contributed by atoms with E-state index in [1.807, 2.05) is 29.9 Å². The average molecular weight is 408 g/mol. The lowest BCUT2D eigenvalue weighted by Gasteiger charge is -2.10. The van der Waals surface area contributed by atoms with Gasteiger partial charge in [0.15, 0.2) is 0 Å². The first-order valence-electron chi connectivity index (χ1n) is 5.92. The summed E-state index contributed by atoms with van der Waals surface area (Å²) in [6, 6.07) is 5.76. The van der Waals surface area contributed by atoms with Crippen LogP contribution in [0.4, 0.5) is 5.69 Å². The minimum absolute atomic E-state index is 0.684. The highest BCUT2D eigenvalue weighted by Crippen LogP contribution is 2.31. The molecule has 2 aromatic rings. The summed E-state index contributed by atoms with van der Waals surface area (Å²) in [5.41, 5.74) is 3.16. The van der Waals surface area contributed by atoms with Crippen molar-refractivity contribution in [3.63, 3.8) is 0 Å². The summed E-state index contributed by atoms with van der Waals surface area (Å²) in [7, 11) is 1.95. The molecule has 0 amide bonds. The Labute approximate surface area is 134 Å². The summed E-state index contributed by atoms with van der Waals surface area (Å²) >= 11 is 13.2. The largest absolute Gasteiger partial charge is 0.378 e. The number of nitrogens with one attached hydrogen (secondary N) is 1. The zero-order valence-corrected chi connectivity index (χ0v) is 14.6. The summed E-state index contributed by atoms with van der Waals surface area (Å²) in [5.74, 6) is 0. The lowest BCUT2D eigenvalue weighted by molar-refractivity contribution is 0.706. The van der Waals surface area contributed by atoms with Crippen LogP contribution in [-0.2, 0) is 20.0 Å². The third-order valence-corrected chi connectivity index (χ3v) is 5.21. The molecule has 0 saturated carbocycles. The SMILES string of the molecule is CCc1nn(C)c(CNc2cccc(Cl)c2Br)c1Br. The molecule has 1 N–H and O–H groups in total. The molecule has 0 fully saturated rings. The van der Waals surface area contributed by atoms with E-state index in [1.54, 1.807) is 0 Å². The number of rotatable bonds is 4. The standard InChI is InChI=1S/C13H14Br2ClN3/c1-3-9-13(15)11(19(2)18-9)7-17-10-6-4-5-8(16)12(10)14/h4-6,17H,3,7H2,1-2H3. The maximum absolute atomic E-state index is 6.07. The van der Waals surface area contributed by atoms with E-state index >= 15 is 0 Å². The minimum Gasteiger partial charge on any atom is -0.378 e. The molecule has 0 radical (unpaired) electrons. The average Bonchev–Trinajstić information content (AvgIpc) is 2.66. The van der Waals surface area contributed by atoms with Crippen molar-refractivity contribution in [3.05, 3.63) is 43.6 Å². The summed E-state index contributed by atoms with van der Waals surface area (Å²) in [6.07, 6.45) is 0.912. The molecule has 0 saturated heterocycles. The van der Waals surface area contributed by atoms with E-state index in [1.165, 1.54) is 0 Å². The predicted molar refractivity (Wildman–Crippen MR) is 86.8 cm³/mol. The molecule has 102 valence electrons. The second-order valence-electron chi connectivity index (χ2n) is 4.14. The number of aromatic nitrogens is 2. The van der Waals surface area contributed by atoms with Crippen molar-refractivity contribution in [2.75, 3.05) is 5.32 Å². The number of benzene rings is 1. The van der Waals surface area contributed by atoms with Gasteiger partial charge < -0.3 is 5.32 Å². The Morgan fingerprint density at radius 2 is 2.05 bits per heavy atom. The Hall–Kier alpha value is -0.520. The van der Waals surface area contributed by atoms with Gasteiger partial charge in [-0.1, -0.05) is 24.6 Å². The van der Waals surface area contributed by atoms with Crippen LogP contribution in [0.25, 0.3) is 0 Å². The highest BCUT2D eigenvalue weighted by atomic mass is 79.9. The van der Waals surface area contributed by atoms with Gasteiger partial charge in [0.25, 0.3) is 0 Å². The molecule has 3 nitrogen and oxygen atoms in total. The van der Waals surface area contributed by atoms with Crippen LogP contribution < -0.4 is 5.32 Å². The van der Waals surface area contributed by atoms with Crippen LogP contribution in [0.2, 0.25) is 5.02 Å². The molecule has 0 aliphatic carbocycles. The van der Waals surface area contributed by atoms with Crippen LogP contribution in [-0.4, -0.2) is 9.78 Å². The molecule has 1 aromatic heterocycles. The van der Waals surface area contributed by atoms with E-state index < -0.39 is 0 Å². The summed E-state index contributed by atoms with van der Waals surface area (Å²) in [4.78, 5) is 0. The predicted octanol–water partition coefficient (Wildman–Crippen LogP) is 4.77. The first kappa shape index (κ1) is 14.9. The third-order valence-electron chi connectivity index (χ3n) is 2.90. The molecular weight excluding hydrogens is 393 g/mol. The zero-order chi connectivity index (χ0) is 14.0. The normalized spacial score (nSPS) is 10.8. The first-order valence-corrected chi connectivity index (χ1v) is 7.89. The van der Waals surface area contributed by atoms with E-state index in [9.17, 15) is 0 Å². The molecule has 1 aromatic carbocycles. The van der Waals surface area contributed by atoms with Gasteiger partial charge in [-0.3, -0.25) is 4.68 Å². The molecule has 0 unspecified atom stereocenters. The molecule has 0 aliphatic rings. The molecule has 0 atom stereocenters. The second-order valence-corrected chi connectivity index (χ2v) is 6.13. The Bertz CT molecular complexity index is 596. The summed E-state index contributed by atoms with van der Waals surface area (Å²) in [5, 5.41) is 8.54. The van der Waals surface area contributed by atoms with Crippen LogP contribution >= 0.6 is 43.5 Å². The van der Waals surface area contributed by atoms with Gasteiger partial charge in [-0.15, -0.1) is 0 Å². The van der Waals surface area contributed by atoms with Crippen molar-refractivity contribution in [1.82, 2.24) is 9.78 Å². The van der Waals surface area contributed by atoms with Crippen LogP contribution in [0.15, 0.2) is 27.1 Å².